The van der Waals surface area contributed by atoms with E-state index in [9.17, 15) is 19.8 Å². The number of ether oxygens (including phenoxy) is 3. The first-order valence-electron chi connectivity index (χ1n) is 22.1. The normalized spacial score (nSPS) is 12.3. The summed E-state index contributed by atoms with van der Waals surface area (Å²) in [6.07, 6.45) is 1.07. The van der Waals surface area contributed by atoms with Crippen LogP contribution in [0.15, 0.2) is 122 Å². The summed E-state index contributed by atoms with van der Waals surface area (Å²) in [5.41, 5.74) is 9.07. The number of rotatable bonds is 15. The number of aliphatic hydroxyl groups excluding tert-OH is 2. The minimum atomic E-state index is -1.23. The average Bonchev–Trinajstić information content (AvgIpc) is 3.95. The SMILES string of the molecule is COc1ccccc1-c1[nH]nc2ncc(-c3cccc(C(O)C(=O)N(C)C)c3)cc12.COc1ccccc1-c1nn(COCC[Si](C)(C)C)c2ncc(-c3cccc(C(O)C(=O)N(C)C)c3)cc12. The molecule has 2 unspecified atom stereocenters. The van der Waals surface area contributed by atoms with Crippen molar-refractivity contribution in [3.63, 3.8) is 0 Å². The Labute approximate surface area is 397 Å². The lowest BCUT2D eigenvalue weighted by molar-refractivity contribution is -0.138. The van der Waals surface area contributed by atoms with Crippen LogP contribution >= 0.6 is 0 Å². The fourth-order valence-electron chi connectivity index (χ4n) is 7.54. The molecule has 4 aromatic carbocycles. The minimum absolute atomic E-state index is 0.302. The fourth-order valence-corrected chi connectivity index (χ4v) is 8.30. The van der Waals surface area contributed by atoms with Crippen molar-refractivity contribution in [2.45, 2.75) is 44.6 Å². The number of aromatic nitrogens is 6. The number of hydrogen-bond donors (Lipinski definition) is 3. The summed E-state index contributed by atoms with van der Waals surface area (Å²) >= 11 is 0. The lowest BCUT2D eigenvalue weighted by Gasteiger charge is -2.16. The third kappa shape index (κ3) is 11.0. The average molecular weight is 935 g/mol. The van der Waals surface area contributed by atoms with Gasteiger partial charge in [-0.15, -0.1) is 0 Å². The molecule has 68 heavy (non-hydrogen) atoms. The topological polar surface area (TPSA) is 181 Å². The summed E-state index contributed by atoms with van der Waals surface area (Å²) in [5.74, 6) is 0.718. The summed E-state index contributed by atoms with van der Waals surface area (Å²) < 4.78 is 18.9. The van der Waals surface area contributed by atoms with Gasteiger partial charge in [0.1, 0.15) is 23.9 Å². The number of H-pyrrole nitrogens is 1. The summed E-state index contributed by atoms with van der Waals surface area (Å²) in [7, 11) is 8.55. The molecule has 16 heteroatoms. The molecule has 0 saturated heterocycles. The zero-order chi connectivity index (χ0) is 48.7. The number of carbonyl (C=O) groups is 2. The maximum Gasteiger partial charge on any atom is 0.255 e. The number of nitrogens with zero attached hydrogens (tertiary/aromatic N) is 7. The van der Waals surface area contributed by atoms with E-state index in [1.807, 2.05) is 91.0 Å². The van der Waals surface area contributed by atoms with E-state index in [2.05, 4.69) is 34.8 Å². The number of hydrogen-bond acceptors (Lipinski definition) is 11. The summed E-state index contributed by atoms with van der Waals surface area (Å²) in [6.45, 7) is 7.96. The molecule has 8 aromatic rings. The molecule has 352 valence electrons. The molecule has 8 rings (SSSR count). The third-order valence-corrected chi connectivity index (χ3v) is 13.1. The van der Waals surface area contributed by atoms with Gasteiger partial charge in [0.2, 0.25) is 0 Å². The highest BCUT2D eigenvalue weighted by molar-refractivity contribution is 6.76. The predicted molar refractivity (Wildman–Crippen MR) is 268 cm³/mol. The Morgan fingerprint density at radius 1 is 0.676 bits per heavy atom. The van der Waals surface area contributed by atoms with Gasteiger partial charge in [-0.05, 0) is 76.8 Å². The van der Waals surface area contributed by atoms with Crippen LogP contribution in [0.2, 0.25) is 25.7 Å². The van der Waals surface area contributed by atoms with E-state index < -0.39 is 20.3 Å². The molecule has 2 atom stereocenters. The van der Waals surface area contributed by atoms with Crippen LogP contribution in [0.1, 0.15) is 23.3 Å². The first-order chi connectivity index (χ1) is 32.6. The van der Waals surface area contributed by atoms with Gasteiger partial charge in [0.05, 0.1) is 19.9 Å². The number of likely N-dealkylation sites (N-methyl/N-ethyl adjacent to an activating group) is 2. The lowest BCUT2D eigenvalue weighted by Crippen LogP contribution is -2.28. The predicted octanol–water partition coefficient (Wildman–Crippen LogP) is 8.63. The molecule has 0 saturated carbocycles. The highest BCUT2D eigenvalue weighted by atomic mass is 28.3. The van der Waals surface area contributed by atoms with Crippen LogP contribution in [-0.4, -0.2) is 119 Å². The second-order valence-corrected chi connectivity index (χ2v) is 23.5. The van der Waals surface area contributed by atoms with Crippen molar-refractivity contribution < 1.29 is 34.0 Å². The second-order valence-electron chi connectivity index (χ2n) is 17.9. The quantitative estimate of drug-likeness (QED) is 0.0662. The molecule has 0 aliphatic heterocycles. The van der Waals surface area contributed by atoms with Gasteiger partial charge in [0.25, 0.3) is 11.8 Å². The molecule has 4 aromatic heterocycles. The summed E-state index contributed by atoms with van der Waals surface area (Å²) in [5, 5.41) is 34.9. The number of fused-ring (bicyclic) bond motifs is 2. The first kappa shape index (κ1) is 48.7. The molecule has 2 amide bonds. The van der Waals surface area contributed by atoms with E-state index in [0.29, 0.717) is 35.8 Å². The molecule has 4 heterocycles. The van der Waals surface area contributed by atoms with Crippen molar-refractivity contribution in [3.05, 3.63) is 133 Å². The van der Waals surface area contributed by atoms with E-state index in [1.54, 1.807) is 77.7 Å². The molecule has 0 bridgehead atoms. The summed E-state index contributed by atoms with van der Waals surface area (Å²) in [4.78, 5) is 36.5. The Hall–Kier alpha value is -7.24. The number of benzene rings is 4. The van der Waals surface area contributed by atoms with Crippen molar-refractivity contribution in [3.8, 4) is 56.3 Å². The lowest BCUT2D eigenvalue weighted by atomic mass is 9.99. The maximum atomic E-state index is 12.3. The highest BCUT2D eigenvalue weighted by Crippen LogP contribution is 2.37. The largest absolute Gasteiger partial charge is 0.496 e. The van der Waals surface area contributed by atoms with Gasteiger partial charge >= 0.3 is 0 Å². The van der Waals surface area contributed by atoms with Crippen LogP contribution in [0.3, 0.4) is 0 Å². The highest BCUT2D eigenvalue weighted by Gasteiger charge is 2.23. The van der Waals surface area contributed by atoms with E-state index in [-0.39, 0.29) is 11.8 Å². The molecule has 0 fully saturated rings. The molecule has 0 aliphatic rings. The van der Waals surface area contributed by atoms with Crippen molar-refractivity contribution in [2.24, 2.45) is 0 Å². The number of aliphatic hydroxyl groups is 2. The van der Waals surface area contributed by atoms with E-state index in [4.69, 9.17) is 24.3 Å². The molecular weight excluding hydrogens is 877 g/mol. The van der Waals surface area contributed by atoms with Crippen LogP contribution in [0.5, 0.6) is 11.5 Å². The number of para-hydroxylation sites is 2. The Kier molecular flexibility index (Phi) is 15.1. The van der Waals surface area contributed by atoms with Crippen LogP contribution < -0.4 is 9.47 Å². The van der Waals surface area contributed by atoms with Gasteiger partial charge in [-0.1, -0.05) is 80.3 Å². The van der Waals surface area contributed by atoms with Crippen molar-refractivity contribution >= 4 is 42.0 Å². The Morgan fingerprint density at radius 3 is 1.76 bits per heavy atom. The van der Waals surface area contributed by atoms with E-state index >= 15 is 0 Å². The van der Waals surface area contributed by atoms with Crippen LogP contribution in [0, 0.1) is 0 Å². The fraction of sp³-hybridized carbons (Fsp3) is 0.269. The Bertz CT molecular complexity index is 3050. The Morgan fingerprint density at radius 2 is 1.21 bits per heavy atom. The number of carbonyl (C=O) groups excluding carboxylic acids is 2. The number of nitrogens with one attached hydrogen (secondary N) is 1. The molecule has 0 aliphatic carbocycles. The van der Waals surface area contributed by atoms with Gasteiger partial charge in [0.15, 0.2) is 23.5 Å². The second kappa shape index (κ2) is 21.2. The smallest absolute Gasteiger partial charge is 0.255 e. The molecule has 0 spiro atoms. The van der Waals surface area contributed by atoms with Crippen molar-refractivity contribution in [1.82, 2.24) is 39.7 Å². The van der Waals surface area contributed by atoms with Crippen LogP contribution in [0.25, 0.3) is 66.8 Å². The first-order valence-corrected chi connectivity index (χ1v) is 25.8. The van der Waals surface area contributed by atoms with Gasteiger partial charge < -0.3 is 34.2 Å². The van der Waals surface area contributed by atoms with Gasteiger partial charge in [-0.3, -0.25) is 14.7 Å². The summed E-state index contributed by atoms with van der Waals surface area (Å²) in [6, 6.07) is 35.2. The number of aromatic amines is 1. The van der Waals surface area contributed by atoms with E-state index in [0.717, 1.165) is 73.1 Å². The van der Waals surface area contributed by atoms with E-state index in [1.165, 1.54) is 9.80 Å². The van der Waals surface area contributed by atoms with Gasteiger partial charge in [0, 0.05) is 88.3 Å². The zero-order valence-corrected chi connectivity index (χ0v) is 40.9. The van der Waals surface area contributed by atoms with Crippen LogP contribution in [0.4, 0.5) is 0 Å². The third-order valence-electron chi connectivity index (χ3n) is 11.4. The zero-order valence-electron chi connectivity index (χ0n) is 39.9. The Balaban J connectivity index is 0.000000207. The molecule has 0 radical (unpaired) electrons. The number of pyridine rings is 2. The van der Waals surface area contributed by atoms with Gasteiger partial charge in [-0.25, -0.2) is 14.6 Å². The van der Waals surface area contributed by atoms with Crippen LogP contribution in [-0.2, 0) is 21.1 Å². The van der Waals surface area contributed by atoms with Gasteiger partial charge in [-0.2, -0.15) is 10.2 Å². The number of methoxy groups -OCH3 is 2. The van der Waals surface area contributed by atoms with Crippen molar-refractivity contribution in [2.75, 3.05) is 49.0 Å². The standard InChI is InChI=1S/C29H36N4O4Si.C23H22N4O3/c1-32(2)29(35)27(34)21-11-9-10-20(16-21)22-17-24-26(23-12-7-8-13-25(23)36-3)31-33(28(24)30-18-22)19-37-14-15-38(4,5)6;1-27(2)23(29)21(28)15-8-6-7-14(11-15)16-12-18-20(25-26-22(18)24-13-16)17-9-4-5-10-19(17)30-3/h7-13,16-18,27,34H,14-15,19H2,1-6H3;4-13,21,28H,1-3H3,(H,24,25,26). The molecule has 15 nitrogen and oxygen atoms in total. The molecule has 3 N–H and O–H groups in total. The molecular formula is C52H58N8O7Si. The monoisotopic (exact) mass is 934 g/mol. The maximum absolute atomic E-state index is 12.3. The minimum Gasteiger partial charge on any atom is -0.496 e. The van der Waals surface area contributed by atoms with Crippen molar-refractivity contribution in [1.29, 1.82) is 0 Å². The number of amides is 2.